The van der Waals surface area contributed by atoms with Crippen LogP contribution in [0.1, 0.15) is 54.2 Å². The summed E-state index contributed by atoms with van der Waals surface area (Å²) in [5, 5.41) is 6.83. The Hall–Kier alpha value is -8.92. The van der Waals surface area contributed by atoms with Gasteiger partial charge in [-0.05, 0) is 110 Å². The monoisotopic (exact) mass is 921 g/mol. The number of hydrogen-bond donors (Lipinski definition) is 0. The molecule has 0 radical (unpaired) electrons. The van der Waals surface area contributed by atoms with Crippen LogP contribution in [-0.2, 0) is 10.8 Å². The topological polar surface area (TPSA) is 29.5 Å². The van der Waals surface area contributed by atoms with Crippen molar-refractivity contribution in [1.29, 1.82) is 0 Å². The van der Waals surface area contributed by atoms with Crippen LogP contribution in [0.15, 0.2) is 239 Å². The summed E-state index contributed by atoms with van der Waals surface area (Å²) >= 11 is 0. The molecule has 1 atom stereocenters. The van der Waals surface area contributed by atoms with Gasteiger partial charge in [-0.15, -0.1) is 0 Å². The summed E-state index contributed by atoms with van der Waals surface area (Å²) in [5.41, 5.74) is 23.3. The van der Waals surface area contributed by atoms with Crippen molar-refractivity contribution in [3.8, 4) is 33.4 Å². The number of hydrogen-bond acceptors (Lipinski definition) is 3. The molecule has 10 aromatic carbocycles. The normalized spacial score (nSPS) is 16.1. The van der Waals surface area contributed by atoms with Gasteiger partial charge < -0.3 is 13.7 Å². The molecule has 15 rings (SSSR count). The van der Waals surface area contributed by atoms with Crippen molar-refractivity contribution in [2.45, 2.75) is 31.6 Å². The lowest BCUT2D eigenvalue weighted by Crippen LogP contribution is -2.26. The Kier molecular flexibility index (Phi) is 8.41. The molecule has 0 N–H and O–H groups in total. The van der Waals surface area contributed by atoms with Gasteiger partial charge >= 0.3 is 0 Å². The van der Waals surface area contributed by atoms with Crippen molar-refractivity contribution in [1.82, 2.24) is 0 Å². The molecule has 0 saturated carbocycles. The molecule has 3 nitrogen and oxygen atoms in total. The van der Waals surface area contributed by atoms with E-state index in [9.17, 15) is 0 Å². The maximum Gasteiger partial charge on any atom is 0.143 e. The van der Waals surface area contributed by atoms with Crippen LogP contribution in [0.5, 0.6) is 0 Å². The number of nitrogens with zero attached hydrogens (tertiary/aromatic N) is 1. The fourth-order valence-corrected chi connectivity index (χ4v) is 13.5. The average molecular weight is 922 g/mol. The molecule has 340 valence electrons. The molecule has 72 heavy (non-hydrogen) atoms. The van der Waals surface area contributed by atoms with E-state index < -0.39 is 5.41 Å². The summed E-state index contributed by atoms with van der Waals surface area (Å²) in [6.45, 7) is 11.0. The van der Waals surface area contributed by atoms with Gasteiger partial charge in [0.05, 0.1) is 16.8 Å². The molecular weight excluding hydrogens is 875 g/mol. The van der Waals surface area contributed by atoms with Crippen LogP contribution in [0, 0.1) is 0 Å². The molecular formula is C69H47NO2. The van der Waals surface area contributed by atoms with E-state index in [1.54, 1.807) is 0 Å². The number of fused-ring (bicyclic) bond motifs is 19. The standard InChI is InChI=1S/C69H47NO2/c1-5-6-29-54-41(2)44-37-36-43(40-58(44)68(54,3)4)70(59-33-15-20-42-19-7-8-21-45(42)59)60-34-18-32-57-63(60)52-24-10-13-31-56(52)69(57)55-30-12-9-22-46(55)48-38-39-62-64(65(48)69)53-28-17-27-51(67(53)72-62)50-26-16-25-49-47-23-11-14-35-61(47)71-66(49)50/h5-40H,1H2,2-4H3/b29-6-. The van der Waals surface area contributed by atoms with Crippen molar-refractivity contribution >= 4 is 77.3 Å². The Morgan fingerprint density at radius 1 is 0.472 bits per heavy atom. The van der Waals surface area contributed by atoms with Gasteiger partial charge in [-0.3, -0.25) is 0 Å². The van der Waals surface area contributed by atoms with Crippen molar-refractivity contribution in [3.63, 3.8) is 0 Å². The van der Waals surface area contributed by atoms with E-state index >= 15 is 0 Å². The molecule has 12 aromatic rings. The predicted octanol–water partition coefficient (Wildman–Crippen LogP) is 18.9. The van der Waals surface area contributed by atoms with E-state index in [2.05, 4.69) is 239 Å². The molecule has 0 fully saturated rings. The quantitative estimate of drug-likeness (QED) is 0.156. The number of benzene rings is 10. The minimum absolute atomic E-state index is 0.219. The number of rotatable bonds is 6. The van der Waals surface area contributed by atoms with E-state index in [0.29, 0.717) is 0 Å². The molecule has 0 aliphatic heterocycles. The fraction of sp³-hybridized carbons (Fsp3) is 0.0725. The second-order valence-electron chi connectivity index (χ2n) is 20.3. The molecule has 2 aromatic heterocycles. The summed E-state index contributed by atoms with van der Waals surface area (Å²) in [6.07, 6.45) is 6.18. The highest BCUT2D eigenvalue weighted by molar-refractivity contribution is 6.18. The molecule has 0 bridgehead atoms. The van der Waals surface area contributed by atoms with E-state index in [4.69, 9.17) is 8.83 Å². The number of furan rings is 2. The van der Waals surface area contributed by atoms with Gasteiger partial charge in [-0.25, -0.2) is 0 Å². The Bertz CT molecular complexity index is 4410. The van der Waals surface area contributed by atoms with E-state index in [-0.39, 0.29) is 5.41 Å². The Labute approximate surface area is 417 Å². The van der Waals surface area contributed by atoms with Crippen LogP contribution in [0.4, 0.5) is 17.1 Å². The van der Waals surface area contributed by atoms with Gasteiger partial charge in [0.25, 0.3) is 0 Å². The van der Waals surface area contributed by atoms with Crippen LogP contribution >= 0.6 is 0 Å². The zero-order valence-corrected chi connectivity index (χ0v) is 40.3. The van der Waals surface area contributed by atoms with Gasteiger partial charge in [-0.2, -0.15) is 0 Å². The predicted molar refractivity (Wildman–Crippen MR) is 300 cm³/mol. The molecule has 1 spiro atoms. The third-order valence-electron chi connectivity index (χ3n) is 16.5. The second kappa shape index (κ2) is 14.8. The van der Waals surface area contributed by atoms with Crippen LogP contribution in [0.3, 0.4) is 0 Å². The first-order valence-corrected chi connectivity index (χ1v) is 25.0. The van der Waals surface area contributed by atoms with E-state index in [1.165, 1.54) is 77.6 Å². The molecule has 0 saturated heterocycles. The van der Waals surface area contributed by atoms with Crippen LogP contribution in [0.2, 0.25) is 0 Å². The maximum absolute atomic E-state index is 7.21. The van der Waals surface area contributed by atoms with Gasteiger partial charge in [0.1, 0.15) is 22.3 Å². The minimum Gasteiger partial charge on any atom is -0.455 e. The zero-order chi connectivity index (χ0) is 48.0. The lowest BCUT2D eigenvalue weighted by molar-refractivity contribution is 0.654. The highest BCUT2D eigenvalue weighted by Crippen LogP contribution is 2.67. The third-order valence-corrected chi connectivity index (χ3v) is 16.5. The smallest absolute Gasteiger partial charge is 0.143 e. The van der Waals surface area contributed by atoms with Gasteiger partial charge in [0, 0.05) is 54.7 Å². The lowest BCUT2D eigenvalue weighted by Gasteiger charge is -2.33. The van der Waals surface area contributed by atoms with Gasteiger partial charge in [0.15, 0.2) is 0 Å². The van der Waals surface area contributed by atoms with E-state index in [0.717, 1.165) is 72.1 Å². The van der Waals surface area contributed by atoms with E-state index in [1.807, 2.05) is 12.1 Å². The van der Waals surface area contributed by atoms with Crippen molar-refractivity contribution in [2.24, 2.45) is 0 Å². The minimum atomic E-state index is -0.670. The molecule has 3 aliphatic carbocycles. The molecule has 3 aliphatic rings. The first kappa shape index (κ1) is 40.9. The summed E-state index contributed by atoms with van der Waals surface area (Å²) in [7, 11) is 0. The van der Waals surface area contributed by atoms with Crippen molar-refractivity contribution in [2.75, 3.05) is 4.90 Å². The molecule has 0 amide bonds. The zero-order valence-electron chi connectivity index (χ0n) is 40.3. The SMILES string of the molecule is C=C/C=C\C1=C(C)c2ccc(N(c3cccc4c3-c3ccccc3C43c4ccccc4-c4ccc5oc6c(-c7cccc8c7oc7ccccc78)cccc6c5c43)c3cccc4ccccc34)cc2C1(C)C. The van der Waals surface area contributed by atoms with Crippen LogP contribution < -0.4 is 4.90 Å². The first-order chi connectivity index (χ1) is 35.4. The number of allylic oxidation sites excluding steroid dienone is 5. The fourth-order valence-electron chi connectivity index (χ4n) is 13.5. The second-order valence-corrected chi connectivity index (χ2v) is 20.3. The van der Waals surface area contributed by atoms with Crippen molar-refractivity contribution < 1.29 is 8.83 Å². The highest BCUT2D eigenvalue weighted by Gasteiger charge is 2.54. The Balaban J connectivity index is 1.02. The van der Waals surface area contributed by atoms with Gasteiger partial charge in [0.2, 0.25) is 0 Å². The lowest BCUT2D eigenvalue weighted by atomic mass is 9.69. The maximum atomic E-state index is 7.21. The molecule has 3 heteroatoms. The summed E-state index contributed by atoms with van der Waals surface area (Å²) in [4.78, 5) is 2.54. The van der Waals surface area contributed by atoms with Crippen LogP contribution in [0.25, 0.3) is 93.6 Å². The first-order valence-electron chi connectivity index (χ1n) is 25.0. The third kappa shape index (κ3) is 5.24. The Morgan fingerprint density at radius 3 is 1.90 bits per heavy atom. The Morgan fingerprint density at radius 2 is 1.07 bits per heavy atom. The molecule has 1 unspecified atom stereocenters. The largest absolute Gasteiger partial charge is 0.455 e. The average Bonchev–Trinajstić information content (AvgIpc) is 4.19. The number of para-hydroxylation sites is 3. The summed E-state index contributed by atoms with van der Waals surface area (Å²) in [6, 6.07) is 73.9. The summed E-state index contributed by atoms with van der Waals surface area (Å²) in [5.74, 6) is 0. The summed E-state index contributed by atoms with van der Waals surface area (Å²) < 4.78 is 13.9. The van der Waals surface area contributed by atoms with Gasteiger partial charge in [-0.1, -0.05) is 202 Å². The highest BCUT2D eigenvalue weighted by atomic mass is 16.3. The van der Waals surface area contributed by atoms with Crippen LogP contribution in [-0.4, -0.2) is 0 Å². The van der Waals surface area contributed by atoms with Crippen molar-refractivity contribution in [3.05, 3.63) is 264 Å². The number of anilines is 3. The molecule has 2 heterocycles.